The van der Waals surface area contributed by atoms with E-state index in [0.29, 0.717) is 17.4 Å². The van der Waals surface area contributed by atoms with Crippen LogP contribution in [0.3, 0.4) is 0 Å². The molecule has 0 aliphatic carbocycles. The number of carbonyl (C=O) groups excluding carboxylic acids is 2. The van der Waals surface area contributed by atoms with Crippen molar-refractivity contribution >= 4 is 17.9 Å². The Morgan fingerprint density at radius 3 is 0.988 bits per heavy atom. The van der Waals surface area contributed by atoms with E-state index in [0.717, 1.165) is 122 Å². The third-order valence-corrected chi connectivity index (χ3v) is 13.1. The minimum Gasteiger partial charge on any atom is -0.477 e. The van der Waals surface area contributed by atoms with E-state index in [2.05, 4.69) is 160 Å². The molecule has 458 valence electrons. The van der Waals surface area contributed by atoms with Crippen molar-refractivity contribution in [3.8, 4) is 0 Å². The Labute approximate surface area is 496 Å². The molecule has 9 nitrogen and oxygen atoms in total. The van der Waals surface area contributed by atoms with E-state index in [9.17, 15) is 19.5 Å². The Morgan fingerprint density at radius 1 is 0.370 bits per heavy atom. The van der Waals surface area contributed by atoms with Gasteiger partial charge in [0.1, 0.15) is 13.2 Å². The number of unbranched alkanes of at least 4 members (excludes halogenated alkanes) is 18. The van der Waals surface area contributed by atoms with Gasteiger partial charge in [0.15, 0.2) is 6.10 Å². The number of ether oxygens (including phenoxy) is 4. The van der Waals surface area contributed by atoms with Gasteiger partial charge in [-0.25, -0.2) is 4.79 Å². The van der Waals surface area contributed by atoms with Crippen molar-refractivity contribution in [1.29, 1.82) is 0 Å². The van der Waals surface area contributed by atoms with Crippen molar-refractivity contribution in [2.24, 2.45) is 0 Å². The Morgan fingerprint density at radius 2 is 0.667 bits per heavy atom. The van der Waals surface area contributed by atoms with E-state index in [-0.39, 0.29) is 38.6 Å². The summed E-state index contributed by atoms with van der Waals surface area (Å²) in [6, 6.07) is 0. The maximum atomic E-state index is 12.9. The number of allylic oxidation sites excluding steroid dienone is 24. The highest BCUT2D eigenvalue weighted by molar-refractivity contribution is 5.71. The zero-order valence-corrected chi connectivity index (χ0v) is 52.1. The summed E-state index contributed by atoms with van der Waals surface area (Å²) in [5.74, 6) is -2.04. The summed E-state index contributed by atoms with van der Waals surface area (Å²) in [5, 5.41) is 9.73. The minimum atomic E-state index is -1.52. The van der Waals surface area contributed by atoms with E-state index in [4.69, 9.17) is 18.9 Å². The summed E-state index contributed by atoms with van der Waals surface area (Å²) < 4.78 is 22.9. The molecule has 0 aromatic rings. The SMILES string of the molecule is CC/C=C\C/C=C\C/C=C\C/C=C\C/C=C\C/C=C\C/C=C\CCCCCCCCCC(=O)OC(COC(=O)CCCCCCCCCCCCC/C=C\C/C=C\C/C=C\C/C=C\C/C=C\CC)COC(OCC[N+](C)(C)C)C(=O)O. The predicted molar refractivity (Wildman–Crippen MR) is 345 cm³/mol. The first kappa shape index (κ1) is 76.2. The Bertz CT molecular complexity index is 1840. The summed E-state index contributed by atoms with van der Waals surface area (Å²) in [7, 11) is 5.96. The van der Waals surface area contributed by atoms with Crippen molar-refractivity contribution in [3.05, 3.63) is 146 Å². The minimum absolute atomic E-state index is 0.177. The molecule has 0 rings (SSSR count). The van der Waals surface area contributed by atoms with Crippen LogP contribution in [0.15, 0.2) is 146 Å². The number of aliphatic carboxylic acids is 1. The van der Waals surface area contributed by atoms with Gasteiger partial charge in [-0.2, -0.15) is 0 Å². The number of carboxylic acid groups (broad SMARTS) is 1. The van der Waals surface area contributed by atoms with E-state index in [1.807, 2.05) is 21.1 Å². The van der Waals surface area contributed by atoms with Crippen LogP contribution in [0.25, 0.3) is 0 Å². The molecule has 0 aliphatic rings. The first-order valence-corrected chi connectivity index (χ1v) is 32.0. The maximum Gasteiger partial charge on any atom is 0.361 e. The van der Waals surface area contributed by atoms with Gasteiger partial charge >= 0.3 is 17.9 Å². The first-order valence-electron chi connectivity index (χ1n) is 32.0. The van der Waals surface area contributed by atoms with E-state index < -0.39 is 24.3 Å². The molecule has 0 fully saturated rings. The molecule has 0 aliphatic heterocycles. The molecule has 0 bridgehead atoms. The number of nitrogens with zero attached hydrogens (tertiary/aromatic N) is 1. The number of quaternary nitrogens is 1. The van der Waals surface area contributed by atoms with Crippen LogP contribution in [0, 0.1) is 0 Å². The van der Waals surface area contributed by atoms with Gasteiger partial charge in [0.05, 0.1) is 34.4 Å². The molecule has 0 amide bonds. The molecule has 0 spiro atoms. The third-order valence-electron chi connectivity index (χ3n) is 13.1. The number of likely N-dealkylation sites (N-methyl/N-ethyl adjacent to an activating group) is 1. The highest BCUT2D eigenvalue weighted by atomic mass is 16.7. The molecule has 0 aromatic carbocycles. The topological polar surface area (TPSA) is 108 Å². The van der Waals surface area contributed by atoms with Gasteiger partial charge < -0.3 is 28.5 Å². The lowest BCUT2D eigenvalue weighted by Crippen LogP contribution is -2.40. The summed E-state index contributed by atoms with van der Waals surface area (Å²) in [5.41, 5.74) is 0. The lowest BCUT2D eigenvalue weighted by molar-refractivity contribution is -0.870. The largest absolute Gasteiger partial charge is 0.477 e. The average Bonchev–Trinajstić information content (AvgIpc) is 3.44. The van der Waals surface area contributed by atoms with Gasteiger partial charge in [0, 0.05) is 12.8 Å². The molecule has 0 heterocycles. The fourth-order valence-electron chi connectivity index (χ4n) is 8.26. The molecule has 81 heavy (non-hydrogen) atoms. The van der Waals surface area contributed by atoms with Crippen LogP contribution in [0.1, 0.15) is 232 Å². The predicted octanol–water partition coefficient (Wildman–Crippen LogP) is 19.6. The molecule has 2 atom stereocenters. The molecule has 0 aromatic heterocycles. The number of rotatable bonds is 57. The number of carboxylic acids is 1. The highest BCUT2D eigenvalue weighted by Gasteiger charge is 2.25. The Kier molecular flexibility index (Phi) is 57.6. The van der Waals surface area contributed by atoms with Crippen LogP contribution >= 0.6 is 0 Å². The molecule has 0 saturated heterocycles. The number of esters is 2. The summed E-state index contributed by atoms with van der Waals surface area (Å²) in [6.07, 6.45) is 86.4. The number of hydrogen-bond acceptors (Lipinski definition) is 7. The van der Waals surface area contributed by atoms with Crippen molar-refractivity contribution in [1.82, 2.24) is 0 Å². The van der Waals surface area contributed by atoms with Crippen LogP contribution in [0.5, 0.6) is 0 Å². The molecule has 0 saturated carbocycles. The number of carbonyl (C=O) groups is 3. The second-order valence-electron chi connectivity index (χ2n) is 22.0. The van der Waals surface area contributed by atoms with Gasteiger partial charge in [-0.1, -0.05) is 250 Å². The van der Waals surface area contributed by atoms with E-state index in [1.165, 1.54) is 77.0 Å². The molecule has 1 N–H and O–H groups in total. The van der Waals surface area contributed by atoms with Crippen molar-refractivity contribution in [3.63, 3.8) is 0 Å². The maximum absolute atomic E-state index is 12.9. The first-order chi connectivity index (χ1) is 39.6. The van der Waals surface area contributed by atoms with Crippen LogP contribution in [-0.4, -0.2) is 87.4 Å². The smallest absolute Gasteiger partial charge is 0.361 e. The standard InChI is InChI=1S/C72H117NO8/c1-6-8-10-12-14-16-18-20-22-24-26-28-30-32-34-35-37-39-41-43-45-47-49-51-53-55-57-59-61-63-70(75)81-68(67-80-72(71(76)77)78-65-64-73(3,4)5)66-79-69(74)62-60-58-56-54-52-50-48-46-44-42-40-38-36-33-31-29-27-25-23-21-19-17-15-13-11-9-7-2/h8-11,14-17,20-23,26-29,32-34,36-37,39,43,45,68,72H,6-7,12-13,18-19,24-25,30-31,35,38,40-42,44,46-67H2,1-5H3/p+1/b10-8-,11-9-,16-14-,17-15-,22-20-,23-21-,28-26-,29-27-,34-32-,36-33-,39-37-,45-43-. The molecular weight excluding hydrogens is 1010 g/mol. The van der Waals surface area contributed by atoms with E-state index in [1.54, 1.807) is 0 Å². The summed E-state index contributed by atoms with van der Waals surface area (Å²) >= 11 is 0. The molecule has 9 heteroatoms. The van der Waals surface area contributed by atoms with Crippen LogP contribution in [0.4, 0.5) is 0 Å². The number of hydrogen-bond donors (Lipinski definition) is 1. The molecular formula is C72H118NO8+. The third kappa shape index (κ3) is 62.6. The zero-order valence-electron chi connectivity index (χ0n) is 52.1. The summed E-state index contributed by atoms with van der Waals surface area (Å²) in [6.45, 7) is 4.62. The van der Waals surface area contributed by atoms with E-state index >= 15 is 0 Å². The van der Waals surface area contributed by atoms with Crippen LogP contribution in [-0.2, 0) is 33.3 Å². The average molecular weight is 1130 g/mol. The molecule has 2 unspecified atom stereocenters. The fourth-order valence-corrected chi connectivity index (χ4v) is 8.26. The van der Waals surface area contributed by atoms with Gasteiger partial charge in [-0.05, 0) is 116 Å². The fraction of sp³-hybridized carbons (Fsp3) is 0.625. The second-order valence-corrected chi connectivity index (χ2v) is 22.0. The summed E-state index contributed by atoms with van der Waals surface area (Å²) in [4.78, 5) is 37.6. The van der Waals surface area contributed by atoms with Crippen molar-refractivity contribution < 1.29 is 42.9 Å². The lowest BCUT2D eigenvalue weighted by Gasteiger charge is -2.25. The zero-order chi connectivity index (χ0) is 59.1. The Balaban J connectivity index is 4.27. The van der Waals surface area contributed by atoms with Gasteiger partial charge in [0.25, 0.3) is 6.29 Å². The highest BCUT2D eigenvalue weighted by Crippen LogP contribution is 2.15. The van der Waals surface area contributed by atoms with Crippen molar-refractivity contribution in [2.75, 3.05) is 47.5 Å². The van der Waals surface area contributed by atoms with Gasteiger partial charge in [-0.3, -0.25) is 9.59 Å². The normalized spacial score (nSPS) is 13.7. The van der Waals surface area contributed by atoms with Crippen LogP contribution < -0.4 is 0 Å². The monoisotopic (exact) mass is 1120 g/mol. The van der Waals surface area contributed by atoms with Crippen LogP contribution in [0.2, 0.25) is 0 Å². The lowest BCUT2D eigenvalue weighted by atomic mass is 10.0. The van der Waals surface area contributed by atoms with Gasteiger partial charge in [0.2, 0.25) is 0 Å². The quantitative estimate of drug-likeness (QED) is 0.0211. The van der Waals surface area contributed by atoms with Gasteiger partial charge in [-0.15, -0.1) is 0 Å². The second kappa shape index (κ2) is 61.2. The molecule has 0 radical (unpaired) electrons. The Hall–Kier alpha value is -4.83. The van der Waals surface area contributed by atoms with Crippen molar-refractivity contribution in [2.45, 2.75) is 245 Å².